The zero-order valence-corrected chi connectivity index (χ0v) is 15.6. The lowest BCUT2D eigenvalue weighted by molar-refractivity contribution is 0.00449. The number of nitrogens with zero attached hydrogens (tertiary/aromatic N) is 2. The van der Waals surface area contributed by atoms with Crippen LogP contribution in [0.2, 0.25) is 5.02 Å². The second-order valence-corrected chi connectivity index (χ2v) is 7.02. The molecule has 1 aromatic heterocycles. The number of hydrogen-bond donors (Lipinski definition) is 1. The number of carbonyl (C=O) groups excluding carboxylic acids is 1. The summed E-state index contributed by atoms with van der Waals surface area (Å²) in [6.45, 7) is 0.162. The first-order chi connectivity index (χ1) is 13.2. The molecular weight excluding hydrogens is 395 g/mol. The fourth-order valence-corrected chi connectivity index (χ4v) is 3.21. The van der Waals surface area contributed by atoms with E-state index >= 15 is 0 Å². The van der Waals surface area contributed by atoms with E-state index < -0.39 is 36.3 Å². The van der Waals surface area contributed by atoms with Gasteiger partial charge in [-0.1, -0.05) is 17.7 Å². The van der Waals surface area contributed by atoms with Gasteiger partial charge in [-0.15, -0.1) is 0 Å². The molecular formula is C19H17ClF3N3O2. The molecule has 3 rings (SSSR count). The molecule has 1 aromatic carbocycles. The van der Waals surface area contributed by atoms with Gasteiger partial charge < -0.3 is 10.5 Å². The second kappa shape index (κ2) is 7.79. The number of aliphatic imine (C=N–C) groups is 1. The molecule has 0 aliphatic carbocycles. The Morgan fingerprint density at radius 3 is 2.75 bits per heavy atom. The number of pyridine rings is 1. The minimum absolute atomic E-state index is 0.100. The Bertz CT molecular complexity index is 923. The molecule has 2 N–H and O–H groups in total. The van der Waals surface area contributed by atoms with Crippen molar-refractivity contribution in [2.24, 2.45) is 10.7 Å². The van der Waals surface area contributed by atoms with Gasteiger partial charge >= 0.3 is 0 Å². The smallest absolute Gasteiger partial charge is 0.283 e. The van der Waals surface area contributed by atoms with Crippen molar-refractivity contribution >= 4 is 23.4 Å². The summed E-state index contributed by atoms with van der Waals surface area (Å²) in [5.74, 6) is -1.07. The van der Waals surface area contributed by atoms with Gasteiger partial charge in [0.05, 0.1) is 5.02 Å². The number of ketones is 1. The summed E-state index contributed by atoms with van der Waals surface area (Å²) in [6, 6.07) is 6.42. The number of benzene rings is 1. The van der Waals surface area contributed by atoms with E-state index in [0.29, 0.717) is 10.6 Å². The lowest BCUT2D eigenvalue weighted by atomic mass is 9.83. The van der Waals surface area contributed by atoms with Gasteiger partial charge in [0.15, 0.2) is 18.1 Å². The highest BCUT2D eigenvalue weighted by Crippen LogP contribution is 2.38. The maximum atomic E-state index is 14.8. The van der Waals surface area contributed by atoms with E-state index in [1.807, 2.05) is 0 Å². The molecule has 0 saturated carbocycles. The zero-order chi connectivity index (χ0) is 20.5. The van der Waals surface area contributed by atoms with Crippen LogP contribution in [-0.2, 0) is 16.7 Å². The number of nitrogens with two attached hydrogens (primary N) is 1. The molecule has 0 amide bonds. The molecule has 0 saturated heterocycles. The molecule has 148 valence electrons. The predicted octanol–water partition coefficient (Wildman–Crippen LogP) is 3.54. The van der Waals surface area contributed by atoms with Crippen LogP contribution >= 0.6 is 11.6 Å². The van der Waals surface area contributed by atoms with Crippen LogP contribution in [0.3, 0.4) is 0 Å². The fraction of sp³-hybridized carbons (Fsp3) is 0.316. The first-order valence-corrected chi connectivity index (χ1v) is 8.78. The number of carbonyl (C=O) groups is 1. The van der Waals surface area contributed by atoms with Gasteiger partial charge in [-0.05, 0) is 36.8 Å². The Morgan fingerprint density at radius 2 is 2.11 bits per heavy atom. The molecule has 9 heteroatoms. The highest BCUT2D eigenvalue weighted by Gasteiger charge is 2.48. The number of halogens is 4. The number of alkyl halides is 2. The van der Waals surface area contributed by atoms with Crippen LogP contribution < -0.4 is 5.73 Å². The van der Waals surface area contributed by atoms with Gasteiger partial charge in [0.25, 0.3) is 6.02 Å². The molecule has 28 heavy (non-hydrogen) atoms. The highest BCUT2D eigenvalue weighted by molar-refractivity contribution is 6.30. The molecule has 3 atom stereocenters. The first-order valence-electron chi connectivity index (χ1n) is 8.40. The summed E-state index contributed by atoms with van der Waals surface area (Å²) in [7, 11) is 0. The molecule has 0 fully saturated rings. The van der Waals surface area contributed by atoms with Crippen LogP contribution in [0.1, 0.15) is 28.5 Å². The summed E-state index contributed by atoms with van der Waals surface area (Å²) >= 11 is 5.75. The third kappa shape index (κ3) is 3.82. The van der Waals surface area contributed by atoms with Gasteiger partial charge in [-0.3, -0.25) is 9.78 Å². The van der Waals surface area contributed by atoms with Crippen LogP contribution in [0.4, 0.5) is 13.2 Å². The van der Waals surface area contributed by atoms with Gasteiger partial charge in [0.1, 0.15) is 23.7 Å². The van der Waals surface area contributed by atoms with Crippen molar-refractivity contribution in [2.75, 3.05) is 6.67 Å². The topological polar surface area (TPSA) is 77.6 Å². The Balaban J connectivity index is 1.94. The van der Waals surface area contributed by atoms with Gasteiger partial charge in [-0.25, -0.2) is 18.2 Å². The van der Waals surface area contributed by atoms with Crippen LogP contribution in [0.15, 0.2) is 41.5 Å². The normalized spacial score (nSPS) is 24.4. The van der Waals surface area contributed by atoms with Gasteiger partial charge in [0, 0.05) is 18.2 Å². The van der Waals surface area contributed by atoms with Crippen molar-refractivity contribution in [3.63, 3.8) is 0 Å². The molecule has 5 nitrogen and oxygen atoms in total. The Kier molecular flexibility index (Phi) is 5.60. The predicted molar refractivity (Wildman–Crippen MR) is 98.4 cm³/mol. The number of ether oxygens (including phenoxy) is 1. The van der Waals surface area contributed by atoms with E-state index in [9.17, 15) is 18.0 Å². The Morgan fingerprint density at radius 1 is 1.36 bits per heavy atom. The number of amidine groups is 1. The van der Waals surface area contributed by atoms with Gasteiger partial charge in [-0.2, -0.15) is 0 Å². The molecule has 0 radical (unpaired) electrons. The fourth-order valence-electron chi connectivity index (χ4n) is 3.10. The van der Waals surface area contributed by atoms with Crippen molar-refractivity contribution in [1.82, 2.24) is 4.98 Å². The third-order valence-corrected chi connectivity index (χ3v) is 4.81. The molecule has 2 aromatic rings. The lowest BCUT2D eigenvalue weighted by Gasteiger charge is -2.37. The summed E-state index contributed by atoms with van der Waals surface area (Å²) in [5.41, 5.74) is 4.21. The van der Waals surface area contributed by atoms with E-state index in [1.54, 1.807) is 0 Å². The SMILES string of the molecule is C[C@]1(c2cc(CC(=O)c3ccc(Cl)cn3)ccc2F)N=C(N)O[C@H](CF)[C@@H]1F. The maximum absolute atomic E-state index is 14.8. The number of hydrogen-bond acceptors (Lipinski definition) is 5. The second-order valence-electron chi connectivity index (χ2n) is 6.59. The molecule has 1 aliphatic rings. The van der Waals surface area contributed by atoms with Crippen LogP contribution in [0.25, 0.3) is 0 Å². The molecule has 2 heterocycles. The van der Waals surface area contributed by atoms with Crippen molar-refractivity contribution in [1.29, 1.82) is 0 Å². The third-order valence-electron chi connectivity index (χ3n) is 4.58. The van der Waals surface area contributed by atoms with Gasteiger partial charge in [0.2, 0.25) is 0 Å². The van der Waals surface area contributed by atoms with Crippen molar-refractivity contribution in [2.45, 2.75) is 31.2 Å². The van der Waals surface area contributed by atoms with E-state index in [0.717, 1.165) is 6.07 Å². The summed E-state index contributed by atoms with van der Waals surface area (Å²) in [6.07, 6.45) is -2.22. The number of aromatic nitrogens is 1. The standard InChI is InChI=1S/C19H17ClF3N3O2/c1-19(17(23)16(8-21)28-18(24)26-19)12-6-10(2-4-13(12)22)7-15(27)14-5-3-11(20)9-25-14/h2-6,9,16-17H,7-8H2,1H3,(H2,24,26)/t16-,17+,19-/m1/s1. The summed E-state index contributed by atoms with van der Waals surface area (Å²) in [5, 5.41) is 0.389. The van der Waals surface area contributed by atoms with Crippen molar-refractivity contribution in [3.8, 4) is 0 Å². The maximum Gasteiger partial charge on any atom is 0.283 e. The molecule has 0 unspecified atom stereocenters. The number of Topliss-reactive ketones (excluding diaryl/α,β-unsaturated/α-hetero) is 1. The quantitative estimate of drug-likeness (QED) is 0.763. The molecule has 1 aliphatic heterocycles. The first kappa shape index (κ1) is 20.1. The minimum Gasteiger partial charge on any atom is -0.456 e. The summed E-state index contributed by atoms with van der Waals surface area (Å²) in [4.78, 5) is 20.2. The number of rotatable bonds is 5. The van der Waals surface area contributed by atoms with E-state index in [1.165, 1.54) is 37.4 Å². The zero-order valence-electron chi connectivity index (χ0n) is 14.8. The Hall–Kier alpha value is -2.61. The minimum atomic E-state index is -1.97. The average Bonchev–Trinajstić information content (AvgIpc) is 2.66. The van der Waals surface area contributed by atoms with Crippen LogP contribution in [0, 0.1) is 5.82 Å². The summed E-state index contributed by atoms with van der Waals surface area (Å²) < 4.78 is 47.3. The van der Waals surface area contributed by atoms with E-state index in [-0.39, 0.29) is 23.5 Å². The largest absolute Gasteiger partial charge is 0.456 e. The van der Waals surface area contributed by atoms with Crippen LogP contribution in [0.5, 0.6) is 0 Å². The Labute approximate surface area is 164 Å². The monoisotopic (exact) mass is 411 g/mol. The van der Waals surface area contributed by atoms with Crippen molar-refractivity contribution in [3.05, 3.63) is 64.2 Å². The van der Waals surface area contributed by atoms with E-state index in [2.05, 4.69) is 9.98 Å². The van der Waals surface area contributed by atoms with E-state index in [4.69, 9.17) is 22.1 Å². The average molecular weight is 412 g/mol. The molecule has 0 spiro atoms. The van der Waals surface area contributed by atoms with Crippen LogP contribution in [-0.4, -0.2) is 35.7 Å². The highest BCUT2D eigenvalue weighted by atomic mass is 35.5. The molecule has 0 bridgehead atoms. The van der Waals surface area contributed by atoms with Crippen molar-refractivity contribution < 1.29 is 22.7 Å². The lowest BCUT2D eigenvalue weighted by Crippen LogP contribution is -2.50.